The van der Waals surface area contributed by atoms with E-state index in [0.717, 1.165) is 54.6 Å². The average molecular weight is 608 g/mol. The second kappa shape index (κ2) is 13.1. The second-order valence-corrected chi connectivity index (χ2v) is 13.5. The predicted octanol–water partition coefficient (Wildman–Crippen LogP) is 6.22. The Morgan fingerprint density at radius 2 is 1.50 bits per heavy atom. The fourth-order valence-corrected chi connectivity index (χ4v) is 7.48. The molecule has 1 aliphatic rings. The van der Waals surface area contributed by atoms with Crippen molar-refractivity contribution in [2.24, 2.45) is 5.92 Å². The molecule has 44 heavy (non-hydrogen) atoms. The summed E-state index contributed by atoms with van der Waals surface area (Å²) < 4.78 is 27.6. The van der Waals surface area contributed by atoms with Crippen LogP contribution in [0.3, 0.4) is 0 Å². The Balaban J connectivity index is 1.13. The van der Waals surface area contributed by atoms with Crippen LogP contribution >= 0.6 is 0 Å². The van der Waals surface area contributed by atoms with Crippen LogP contribution in [0.4, 0.5) is 5.82 Å². The number of hydrogen-bond donors (Lipinski definition) is 1. The van der Waals surface area contributed by atoms with Crippen molar-refractivity contribution in [3.05, 3.63) is 120 Å². The van der Waals surface area contributed by atoms with Gasteiger partial charge in [0.15, 0.2) is 5.65 Å². The summed E-state index contributed by atoms with van der Waals surface area (Å²) in [5.74, 6) is 0.625. The number of rotatable bonds is 11. The van der Waals surface area contributed by atoms with Crippen molar-refractivity contribution in [2.75, 3.05) is 5.32 Å². The zero-order valence-electron chi connectivity index (χ0n) is 24.8. The van der Waals surface area contributed by atoms with Gasteiger partial charge >= 0.3 is 0 Å². The van der Waals surface area contributed by atoms with Crippen molar-refractivity contribution in [3.8, 4) is 0 Å². The van der Waals surface area contributed by atoms with E-state index in [1.165, 1.54) is 23.5 Å². The minimum Gasteiger partial charge on any atom is -0.359 e. The average Bonchev–Trinajstić information content (AvgIpc) is 3.49. The maximum absolute atomic E-state index is 13.2. The van der Waals surface area contributed by atoms with Gasteiger partial charge in [0.05, 0.1) is 17.1 Å². The van der Waals surface area contributed by atoms with Crippen LogP contribution in [0.1, 0.15) is 42.4 Å². The van der Waals surface area contributed by atoms with Gasteiger partial charge in [-0.05, 0) is 67.9 Å². The van der Waals surface area contributed by atoms with Crippen molar-refractivity contribution in [3.63, 3.8) is 0 Å². The molecule has 1 atom stereocenters. The van der Waals surface area contributed by atoms with Crippen molar-refractivity contribution < 1.29 is 13.2 Å². The molecular weight excluding hydrogens is 570 g/mol. The first-order valence-electron chi connectivity index (χ1n) is 15.1. The van der Waals surface area contributed by atoms with Crippen molar-refractivity contribution in [2.45, 2.75) is 62.7 Å². The lowest BCUT2D eigenvalue weighted by Gasteiger charge is -2.38. The van der Waals surface area contributed by atoms with Gasteiger partial charge in [0.1, 0.15) is 17.6 Å². The van der Waals surface area contributed by atoms with E-state index in [1.54, 1.807) is 30.3 Å². The molecule has 1 N–H and O–H groups in total. The third kappa shape index (κ3) is 6.59. The van der Waals surface area contributed by atoms with E-state index in [9.17, 15) is 13.2 Å². The highest BCUT2D eigenvalue weighted by molar-refractivity contribution is 7.90. The molecule has 2 aromatic heterocycles. The molecule has 0 bridgehead atoms. The largest absolute Gasteiger partial charge is 0.359 e. The number of carbonyl (C=O) groups is 1. The summed E-state index contributed by atoms with van der Waals surface area (Å²) in [5, 5.41) is 3.29. The Bertz CT molecular complexity index is 1760. The SMILES string of the molecule is Cc1ccc(S(=O)(=O)n2ccc3nc(NC(C=O)C4CCC(N(Cc5ccccc5)Cc5ccccc5)CC4)cnc32)cc1. The molecule has 2 heterocycles. The number of nitrogens with one attached hydrogen (secondary N) is 1. The number of aryl methyl sites for hydroxylation is 1. The number of aromatic nitrogens is 3. The summed E-state index contributed by atoms with van der Waals surface area (Å²) in [5.41, 5.74) is 4.26. The van der Waals surface area contributed by atoms with Gasteiger partial charge in [-0.1, -0.05) is 78.4 Å². The van der Waals surface area contributed by atoms with Crippen LogP contribution in [0.25, 0.3) is 11.2 Å². The molecule has 8 nitrogen and oxygen atoms in total. The first-order valence-corrected chi connectivity index (χ1v) is 16.5. The van der Waals surface area contributed by atoms with Crippen LogP contribution in [-0.4, -0.2) is 45.6 Å². The standard InChI is InChI=1S/C35H37N5O3S/c1-26-12-18-31(19-13-26)44(42,43)40-21-20-32-35(40)36-22-34(37-32)38-33(25-41)29-14-16-30(17-15-29)39(23-27-8-4-2-5-9-27)24-28-10-6-3-7-11-28/h2-13,18-22,25,29-30,33H,14-17,23-24H2,1H3,(H,37,38). The lowest BCUT2D eigenvalue weighted by Crippen LogP contribution is -2.41. The minimum atomic E-state index is -3.82. The van der Waals surface area contributed by atoms with Crippen molar-refractivity contribution in [1.29, 1.82) is 0 Å². The fourth-order valence-electron chi connectivity index (χ4n) is 6.18. The number of nitrogens with zero attached hydrogens (tertiary/aromatic N) is 4. The molecule has 0 aliphatic heterocycles. The summed E-state index contributed by atoms with van der Waals surface area (Å²) in [6, 6.07) is 29.5. The number of aldehydes is 1. The predicted molar refractivity (Wildman–Crippen MR) is 173 cm³/mol. The molecule has 1 fully saturated rings. The molecule has 0 spiro atoms. The van der Waals surface area contributed by atoms with E-state index < -0.39 is 16.1 Å². The maximum Gasteiger partial charge on any atom is 0.269 e. The summed E-state index contributed by atoms with van der Waals surface area (Å²) >= 11 is 0. The summed E-state index contributed by atoms with van der Waals surface area (Å²) in [4.78, 5) is 24.1. The molecule has 226 valence electrons. The van der Waals surface area contributed by atoms with Crippen molar-refractivity contribution in [1.82, 2.24) is 18.8 Å². The molecule has 6 rings (SSSR count). The first-order chi connectivity index (χ1) is 21.4. The molecule has 9 heteroatoms. The molecule has 0 radical (unpaired) electrons. The topological polar surface area (TPSA) is 97.2 Å². The van der Waals surface area contributed by atoms with Gasteiger partial charge in [0, 0.05) is 25.3 Å². The highest BCUT2D eigenvalue weighted by Crippen LogP contribution is 2.32. The van der Waals surface area contributed by atoms with Gasteiger partial charge in [-0.25, -0.2) is 22.4 Å². The third-order valence-electron chi connectivity index (χ3n) is 8.62. The molecule has 1 saturated carbocycles. The molecule has 1 unspecified atom stereocenters. The van der Waals surface area contributed by atoms with Crippen molar-refractivity contribution >= 4 is 33.3 Å². The van der Waals surface area contributed by atoms with E-state index in [-0.39, 0.29) is 16.5 Å². The maximum atomic E-state index is 13.2. The smallest absolute Gasteiger partial charge is 0.269 e. The molecule has 1 aliphatic carbocycles. The summed E-state index contributed by atoms with van der Waals surface area (Å²) in [7, 11) is -3.82. The fraction of sp³-hybridized carbons (Fsp3) is 0.286. The highest BCUT2D eigenvalue weighted by Gasteiger charge is 2.31. The van der Waals surface area contributed by atoms with Crippen LogP contribution in [0.15, 0.2) is 108 Å². The van der Waals surface area contributed by atoms with Crippen LogP contribution in [-0.2, 0) is 27.9 Å². The minimum absolute atomic E-state index is 0.170. The first kappa shape index (κ1) is 29.7. The lowest BCUT2D eigenvalue weighted by atomic mass is 9.81. The summed E-state index contributed by atoms with van der Waals surface area (Å²) in [6.45, 7) is 3.68. The van der Waals surface area contributed by atoms with Gasteiger partial charge in [0.2, 0.25) is 0 Å². The van der Waals surface area contributed by atoms with Crippen LogP contribution in [0, 0.1) is 12.8 Å². The van der Waals surface area contributed by atoms with Gasteiger partial charge in [0.25, 0.3) is 10.0 Å². The molecule has 3 aromatic carbocycles. The Morgan fingerprint density at radius 1 is 0.886 bits per heavy atom. The zero-order chi connectivity index (χ0) is 30.5. The van der Waals surface area contributed by atoms with E-state index in [4.69, 9.17) is 0 Å². The van der Waals surface area contributed by atoms with Gasteiger partial charge in [-0.3, -0.25) is 4.90 Å². The van der Waals surface area contributed by atoms with Gasteiger partial charge < -0.3 is 10.1 Å². The Kier molecular flexibility index (Phi) is 8.86. The zero-order valence-corrected chi connectivity index (χ0v) is 25.6. The normalized spacial score (nSPS) is 17.9. The lowest BCUT2D eigenvalue weighted by molar-refractivity contribution is -0.109. The second-order valence-electron chi connectivity index (χ2n) is 11.6. The molecule has 5 aromatic rings. The van der Waals surface area contributed by atoms with Gasteiger partial charge in [-0.2, -0.15) is 0 Å². The highest BCUT2D eigenvalue weighted by atomic mass is 32.2. The van der Waals surface area contributed by atoms with E-state index in [2.05, 4.69) is 68.7 Å². The number of fused-ring (bicyclic) bond motifs is 1. The Hall–Kier alpha value is -4.34. The van der Waals surface area contributed by atoms with Crippen LogP contribution in [0.2, 0.25) is 0 Å². The molecular formula is C35H37N5O3S. The number of anilines is 1. The van der Waals surface area contributed by atoms with E-state index in [0.29, 0.717) is 17.4 Å². The Labute approximate surface area is 258 Å². The number of benzene rings is 3. The molecule has 0 amide bonds. The van der Waals surface area contributed by atoms with Crippen LogP contribution in [0.5, 0.6) is 0 Å². The van der Waals surface area contributed by atoms with Crippen LogP contribution < -0.4 is 5.32 Å². The van der Waals surface area contributed by atoms with Gasteiger partial charge in [-0.15, -0.1) is 0 Å². The van der Waals surface area contributed by atoms with E-state index in [1.807, 2.05) is 19.1 Å². The number of carbonyl (C=O) groups excluding carboxylic acids is 1. The quantitative estimate of drug-likeness (QED) is 0.178. The van der Waals surface area contributed by atoms with E-state index >= 15 is 0 Å². The molecule has 0 saturated heterocycles. The number of hydrogen-bond acceptors (Lipinski definition) is 7. The summed E-state index contributed by atoms with van der Waals surface area (Å²) in [6.07, 6.45) is 7.78. The monoisotopic (exact) mass is 607 g/mol. The third-order valence-corrected chi connectivity index (χ3v) is 10.3. The Morgan fingerprint density at radius 3 is 2.09 bits per heavy atom.